The van der Waals surface area contributed by atoms with Gasteiger partial charge in [0.25, 0.3) is 0 Å². The van der Waals surface area contributed by atoms with Crippen LogP contribution in [0.5, 0.6) is 0 Å². The SMILES string of the molecule is CC1(C)[C@H](C(=O)O)[C@@H]1C(=O)NCC1(O)CCCC1. The second-order valence-corrected chi connectivity index (χ2v) is 6.26. The van der Waals surface area contributed by atoms with Gasteiger partial charge in [-0.2, -0.15) is 0 Å². The summed E-state index contributed by atoms with van der Waals surface area (Å²) in [7, 11) is 0. The van der Waals surface area contributed by atoms with Crippen LogP contribution in [-0.2, 0) is 9.59 Å². The highest BCUT2D eigenvalue weighted by Crippen LogP contribution is 2.58. The first-order valence-corrected chi connectivity index (χ1v) is 6.51. The van der Waals surface area contributed by atoms with E-state index in [-0.39, 0.29) is 12.5 Å². The summed E-state index contributed by atoms with van der Waals surface area (Å²) >= 11 is 0. The number of carbonyl (C=O) groups excluding carboxylic acids is 1. The summed E-state index contributed by atoms with van der Waals surface area (Å²) in [5.74, 6) is -2.23. The maximum atomic E-state index is 11.9. The number of hydrogen-bond acceptors (Lipinski definition) is 3. The molecule has 0 unspecified atom stereocenters. The number of carboxylic acids is 1. The van der Waals surface area contributed by atoms with Crippen molar-refractivity contribution < 1.29 is 19.8 Å². The van der Waals surface area contributed by atoms with Crippen molar-refractivity contribution in [2.24, 2.45) is 17.3 Å². The Bertz CT molecular complexity index is 371. The molecule has 0 spiro atoms. The number of carbonyl (C=O) groups is 2. The molecule has 0 bridgehead atoms. The number of aliphatic carboxylic acids is 1. The van der Waals surface area contributed by atoms with E-state index >= 15 is 0 Å². The van der Waals surface area contributed by atoms with Crippen LogP contribution in [0.4, 0.5) is 0 Å². The maximum absolute atomic E-state index is 11.9. The Labute approximate surface area is 107 Å². The molecule has 0 heterocycles. The number of carboxylic acid groups (broad SMARTS) is 1. The summed E-state index contributed by atoms with van der Waals surface area (Å²) in [6.45, 7) is 3.82. The molecule has 2 rings (SSSR count). The molecule has 2 fully saturated rings. The Morgan fingerprint density at radius 3 is 2.22 bits per heavy atom. The van der Waals surface area contributed by atoms with Crippen molar-refractivity contribution in [3.05, 3.63) is 0 Å². The van der Waals surface area contributed by atoms with Crippen LogP contribution in [0.25, 0.3) is 0 Å². The summed E-state index contributed by atoms with van der Waals surface area (Å²) in [6.07, 6.45) is 3.39. The van der Waals surface area contributed by atoms with E-state index in [0.717, 1.165) is 12.8 Å². The normalized spacial score (nSPS) is 31.9. The lowest BCUT2D eigenvalue weighted by Crippen LogP contribution is -2.42. The van der Waals surface area contributed by atoms with Gasteiger partial charge in [-0.15, -0.1) is 0 Å². The highest BCUT2D eigenvalue weighted by molar-refractivity contribution is 5.91. The first kappa shape index (κ1) is 13.3. The third kappa shape index (κ3) is 2.23. The first-order chi connectivity index (χ1) is 8.28. The van der Waals surface area contributed by atoms with Gasteiger partial charge in [0.1, 0.15) is 0 Å². The van der Waals surface area contributed by atoms with Gasteiger partial charge in [0.2, 0.25) is 5.91 Å². The third-order valence-corrected chi connectivity index (χ3v) is 4.50. The van der Waals surface area contributed by atoms with Crippen LogP contribution in [0.1, 0.15) is 39.5 Å². The van der Waals surface area contributed by atoms with E-state index in [4.69, 9.17) is 5.11 Å². The number of hydrogen-bond donors (Lipinski definition) is 3. The molecule has 102 valence electrons. The average Bonchev–Trinajstić information content (AvgIpc) is 2.64. The molecule has 1 amide bonds. The summed E-state index contributed by atoms with van der Waals surface area (Å²) in [6, 6.07) is 0. The van der Waals surface area contributed by atoms with Crippen molar-refractivity contribution in [3.8, 4) is 0 Å². The van der Waals surface area contributed by atoms with Gasteiger partial charge >= 0.3 is 5.97 Å². The third-order valence-electron chi connectivity index (χ3n) is 4.50. The zero-order valence-corrected chi connectivity index (χ0v) is 10.9. The van der Waals surface area contributed by atoms with E-state index in [1.54, 1.807) is 13.8 Å². The number of aliphatic hydroxyl groups is 1. The number of amides is 1. The molecule has 0 aromatic heterocycles. The lowest BCUT2D eigenvalue weighted by molar-refractivity contribution is -0.140. The Balaban J connectivity index is 1.88. The Kier molecular flexibility index (Phi) is 3.13. The minimum atomic E-state index is -0.917. The fourth-order valence-corrected chi connectivity index (χ4v) is 3.16. The summed E-state index contributed by atoms with van der Waals surface area (Å²) < 4.78 is 0. The predicted octanol–water partition coefficient (Wildman–Crippen LogP) is 0.764. The molecule has 0 radical (unpaired) electrons. The van der Waals surface area contributed by atoms with E-state index < -0.39 is 28.8 Å². The quantitative estimate of drug-likeness (QED) is 0.692. The molecule has 0 aliphatic heterocycles. The highest BCUT2D eigenvalue weighted by Gasteiger charge is 2.65. The van der Waals surface area contributed by atoms with Crippen molar-refractivity contribution in [1.29, 1.82) is 0 Å². The van der Waals surface area contributed by atoms with Crippen LogP contribution in [0, 0.1) is 17.3 Å². The van der Waals surface area contributed by atoms with Gasteiger partial charge in [-0.3, -0.25) is 9.59 Å². The topological polar surface area (TPSA) is 86.6 Å². The molecule has 0 saturated heterocycles. The largest absolute Gasteiger partial charge is 0.481 e. The van der Waals surface area contributed by atoms with Gasteiger partial charge < -0.3 is 15.5 Å². The molecule has 2 aliphatic rings. The van der Waals surface area contributed by atoms with Crippen LogP contribution in [-0.4, -0.2) is 34.2 Å². The monoisotopic (exact) mass is 255 g/mol. The molecule has 18 heavy (non-hydrogen) atoms. The predicted molar refractivity (Wildman–Crippen MR) is 64.8 cm³/mol. The Hall–Kier alpha value is -1.10. The van der Waals surface area contributed by atoms with Crippen molar-refractivity contribution in [2.45, 2.75) is 45.1 Å². The van der Waals surface area contributed by atoms with E-state index in [1.807, 2.05) is 0 Å². The van der Waals surface area contributed by atoms with Gasteiger partial charge in [0, 0.05) is 6.54 Å². The summed E-state index contributed by atoms with van der Waals surface area (Å²) in [5, 5.41) is 21.8. The van der Waals surface area contributed by atoms with E-state index in [0.29, 0.717) is 12.8 Å². The van der Waals surface area contributed by atoms with Crippen LogP contribution in [0.15, 0.2) is 0 Å². The maximum Gasteiger partial charge on any atom is 0.307 e. The molecular weight excluding hydrogens is 234 g/mol. The lowest BCUT2D eigenvalue weighted by atomic mass is 10.0. The van der Waals surface area contributed by atoms with Gasteiger partial charge in [-0.1, -0.05) is 26.7 Å². The zero-order chi connectivity index (χ0) is 13.6. The Morgan fingerprint density at radius 2 is 1.78 bits per heavy atom. The number of nitrogens with one attached hydrogen (secondary N) is 1. The summed E-state index contributed by atoms with van der Waals surface area (Å²) in [4.78, 5) is 22.9. The first-order valence-electron chi connectivity index (χ1n) is 6.51. The fraction of sp³-hybridized carbons (Fsp3) is 0.846. The van der Waals surface area contributed by atoms with Crippen LogP contribution in [0.3, 0.4) is 0 Å². The van der Waals surface area contributed by atoms with Gasteiger partial charge in [0.05, 0.1) is 17.4 Å². The molecule has 5 nitrogen and oxygen atoms in total. The smallest absolute Gasteiger partial charge is 0.307 e. The minimum Gasteiger partial charge on any atom is -0.481 e. The number of rotatable bonds is 4. The van der Waals surface area contributed by atoms with E-state index in [9.17, 15) is 14.7 Å². The molecular formula is C13H21NO4. The second-order valence-electron chi connectivity index (χ2n) is 6.26. The standard InChI is InChI=1S/C13H21NO4/c1-12(2)8(9(12)11(16)17)10(15)14-7-13(18)5-3-4-6-13/h8-9,18H,3-7H2,1-2H3,(H,14,15)(H,16,17)/t8-,9+/m1/s1. The molecule has 0 aromatic carbocycles. The van der Waals surface area contributed by atoms with Crippen molar-refractivity contribution in [3.63, 3.8) is 0 Å². The molecule has 5 heteroatoms. The van der Waals surface area contributed by atoms with Gasteiger partial charge in [-0.25, -0.2) is 0 Å². The minimum absolute atomic E-state index is 0.241. The molecule has 2 atom stereocenters. The average molecular weight is 255 g/mol. The highest BCUT2D eigenvalue weighted by atomic mass is 16.4. The van der Waals surface area contributed by atoms with Crippen LogP contribution in [0.2, 0.25) is 0 Å². The zero-order valence-electron chi connectivity index (χ0n) is 10.9. The van der Waals surface area contributed by atoms with Crippen molar-refractivity contribution >= 4 is 11.9 Å². The molecule has 0 aromatic rings. The van der Waals surface area contributed by atoms with Gasteiger partial charge in [-0.05, 0) is 18.3 Å². The molecule has 2 aliphatic carbocycles. The second kappa shape index (κ2) is 4.23. The Morgan fingerprint density at radius 1 is 1.22 bits per heavy atom. The molecule has 3 N–H and O–H groups in total. The van der Waals surface area contributed by atoms with Crippen molar-refractivity contribution in [2.75, 3.05) is 6.54 Å². The summed E-state index contributed by atoms with van der Waals surface area (Å²) in [5.41, 5.74) is -1.26. The van der Waals surface area contributed by atoms with Crippen LogP contribution < -0.4 is 5.32 Å². The van der Waals surface area contributed by atoms with E-state index in [2.05, 4.69) is 5.32 Å². The fourth-order valence-electron chi connectivity index (χ4n) is 3.16. The van der Waals surface area contributed by atoms with Gasteiger partial charge in [0.15, 0.2) is 0 Å². The molecule has 2 saturated carbocycles. The van der Waals surface area contributed by atoms with Crippen molar-refractivity contribution in [1.82, 2.24) is 5.32 Å². The van der Waals surface area contributed by atoms with Crippen LogP contribution >= 0.6 is 0 Å². The van der Waals surface area contributed by atoms with E-state index in [1.165, 1.54) is 0 Å². The lowest BCUT2D eigenvalue weighted by Gasteiger charge is -2.22.